The van der Waals surface area contributed by atoms with Crippen LogP contribution in [0.15, 0.2) is 0 Å². The van der Waals surface area contributed by atoms with Gasteiger partial charge in [-0.2, -0.15) is 4.74 Å². The lowest BCUT2D eigenvalue weighted by molar-refractivity contribution is -0.575. The number of hydrogen-bond donors (Lipinski definition) is 0. The lowest BCUT2D eigenvalue weighted by atomic mass is 10.3. The Bertz CT molecular complexity index is 183. The molecule has 0 aromatic carbocycles. The molecule has 0 aromatic rings. The first-order valence-electron chi connectivity index (χ1n) is 2.57. The van der Waals surface area contributed by atoms with Crippen LogP contribution in [0.4, 0.5) is 0 Å². The van der Waals surface area contributed by atoms with Crippen molar-refractivity contribution in [3.8, 4) is 0 Å². The van der Waals surface area contributed by atoms with Gasteiger partial charge in [0.25, 0.3) is 6.21 Å². The van der Waals surface area contributed by atoms with Crippen LogP contribution >= 0.6 is 0 Å². The summed E-state index contributed by atoms with van der Waals surface area (Å²) in [6, 6.07) is 0. The third-order valence-corrected chi connectivity index (χ3v) is 1.10. The van der Waals surface area contributed by atoms with Crippen LogP contribution < -0.4 is 0 Å². The second-order valence-corrected chi connectivity index (χ2v) is 2.32. The molecule has 0 unspecified atom stereocenters. The zero-order valence-electron chi connectivity index (χ0n) is 5.25. The molecule has 9 heavy (non-hydrogen) atoms. The first-order chi connectivity index (χ1) is 4.02. The van der Waals surface area contributed by atoms with Crippen LogP contribution in [-0.4, -0.2) is 22.6 Å². The van der Waals surface area contributed by atoms with Crippen molar-refractivity contribution in [2.75, 3.05) is 0 Å². The van der Waals surface area contributed by atoms with Gasteiger partial charge in [-0.15, -0.1) is 0 Å². The molecule has 1 heterocycles. The van der Waals surface area contributed by atoms with Gasteiger partial charge in [-0.1, -0.05) is 0 Å². The quantitative estimate of drug-likeness (QED) is 0.260. The van der Waals surface area contributed by atoms with Crippen molar-refractivity contribution < 1.29 is 14.3 Å². The molecular formula is C5H7NO3. The molecule has 1 aliphatic rings. The largest absolute Gasteiger partial charge is 0.621 e. The van der Waals surface area contributed by atoms with E-state index < -0.39 is 11.7 Å². The van der Waals surface area contributed by atoms with E-state index in [9.17, 15) is 10.0 Å². The minimum atomic E-state index is -1.00. The maximum absolute atomic E-state index is 10.6. The Morgan fingerprint density at radius 1 is 1.78 bits per heavy atom. The Balaban J connectivity index is 2.89. The summed E-state index contributed by atoms with van der Waals surface area (Å²) < 4.78 is 5.08. The number of esters is 1. The Kier molecular flexibility index (Phi) is 0.986. The number of carbonyl (C=O) groups excluding carboxylic acids is 1. The highest BCUT2D eigenvalue weighted by molar-refractivity contribution is 6.22. The number of carbonyl (C=O) groups is 1. The molecule has 1 aliphatic heterocycles. The van der Waals surface area contributed by atoms with Gasteiger partial charge < -0.3 is 9.94 Å². The molecule has 0 fully saturated rings. The lowest BCUT2D eigenvalue weighted by Crippen LogP contribution is -2.29. The lowest BCUT2D eigenvalue weighted by Gasteiger charge is -2.14. The molecule has 0 N–H and O–H groups in total. The second-order valence-electron chi connectivity index (χ2n) is 2.32. The Morgan fingerprint density at radius 3 is 2.44 bits per heavy atom. The molecule has 0 saturated carbocycles. The van der Waals surface area contributed by atoms with Crippen LogP contribution in [-0.2, 0) is 9.53 Å². The molecule has 0 aromatic heterocycles. The molecule has 0 saturated heterocycles. The van der Waals surface area contributed by atoms with Crippen molar-refractivity contribution >= 4 is 12.2 Å². The number of rotatable bonds is 0. The molecule has 0 atom stereocenters. The summed E-state index contributed by atoms with van der Waals surface area (Å²) in [7, 11) is 0. The van der Waals surface area contributed by atoms with Crippen LogP contribution in [0.25, 0.3) is 0 Å². The second kappa shape index (κ2) is 1.46. The van der Waals surface area contributed by atoms with Gasteiger partial charge in [0.15, 0.2) is 0 Å². The summed E-state index contributed by atoms with van der Waals surface area (Å²) in [6.45, 7) is 3.06. The first-order valence-corrected chi connectivity index (χ1v) is 2.57. The van der Waals surface area contributed by atoms with E-state index in [0.29, 0.717) is 4.74 Å². The molecular weight excluding hydrogens is 122 g/mol. The molecule has 0 radical (unpaired) electrons. The van der Waals surface area contributed by atoms with E-state index in [-0.39, 0.29) is 0 Å². The van der Waals surface area contributed by atoms with Crippen LogP contribution in [0.1, 0.15) is 13.8 Å². The Hall–Kier alpha value is -1.06. The van der Waals surface area contributed by atoms with Crippen LogP contribution in [0, 0.1) is 5.21 Å². The Morgan fingerprint density at radius 2 is 2.33 bits per heavy atom. The Labute approximate surface area is 52.3 Å². The highest BCUT2D eigenvalue weighted by Crippen LogP contribution is 2.13. The van der Waals surface area contributed by atoms with Gasteiger partial charge in [0, 0.05) is 13.8 Å². The summed E-state index contributed by atoms with van der Waals surface area (Å²) in [4.78, 5) is 10.3. The predicted molar refractivity (Wildman–Crippen MR) is 29.9 cm³/mol. The van der Waals surface area contributed by atoms with E-state index >= 15 is 0 Å². The smallest absolute Gasteiger partial charge is 0.401 e. The van der Waals surface area contributed by atoms with Crippen LogP contribution in [0.5, 0.6) is 0 Å². The molecule has 4 nitrogen and oxygen atoms in total. The van der Waals surface area contributed by atoms with Gasteiger partial charge in [-0.3, -0.25) is 0 Å². The van der Waals surface area contributed by atoms with Crippen molar-refractivity contribution in [2.24, 2.45) is 0 Å². The third kappa shape index (κ3) is 0.872. The zero-order valence-corrected chi connectivity index (χ0v) is 5.25. The predicted octanol–water partition coefficient (Wildman–Crippen LogP) is -0.140. The fourth-order valence-electron chi connectivity index (χ4n) is 0.569. The van der Waals surface area contributed by atoms with Gasteiger partial charge in [-0.25, -0.2) is 4.79 Å². The van der Waals surface area contributed by atoms with E-state index in [1.807, 2.05) is 0 Å². The molecule has 1 rings (SSSR count). The first kappa shape index (κ1) is 6.07. The molecule has 50 valence electrons. The summed E-state index contributed by atoms with van der Waals surface area (Å²) in [5.41, 5.74) is -1.00. The third-order valence-electron chi connectivity index (χ3n) is 1.10. The minimum absolute atomic E-state index is 0.495. The topological polar surface area (TPSA) is 52.4 Å². The number of cyclic esters (lactones) is 1. The normalized spacial score (nSPS) is 23.3. The van der Waals surface area contributed by atoms with Gasteiger partial charge >= 0.3 is 11.7 Å². The van der Waals surface area contributed by atoms with Gasteiger partial charge in [-0.05, 0) is 0 Å². The molecule has 0 bridgehead atoms. The maximum atomic E-state index is 10.6. The van der Waals surface area contributed by atoms with E-state index in [2.05, 4.69) is 4.74 Å². The van der Waals surface area contributed by atoms with Crippen molar-refractivity contribution in [1.29, 1.82) is 0 Å². The van der Waals surface area contributed by atoms with Gasteiger partial charge in [0.05, 0.1) is 0 Å². The van der Waals surface area contributed by atoms with Crippen LogP contribution in [0.3, 0.4) is 0 Å². The van der Waals surface area contributed by atoms with Crippen molar-refractivity contribution in [3.63, 3.8) is 0 Å². The molecule has 4 heteroatoms. The molecule has 0 amide bonds. The summed E-state index contributed by atoms with van der Waals surface area (Å²) in [5.74, 6) is -0.574. The van der Waals surface area contributed by atoms with Crippen LogP contribution in [0.2, 0.25) is 0 Å². The number of hydroxylamine groups is 1. The highest BCUT2D eigenvalue weighted by atomic mass is 16.6. The average Bonchev–Trinajstić information content (AvgIpc) is 1.79. The van der Waals surface area contributed by atoms with E-state index in [1.54, 1.807) is 0 Å². The maximum Gasteiger partial charge on any atom is 0.401 e. The number of nitrogens with zero attached hydrogens (tertiary/aromatic N) is 1. The minimum Gasteiger partial charge on any atom is -0.621 e. The van der Waals surface area contributed by atoms with Crippen molar-refractivity contribution in [3.05, 3.63) is 5.21 Å². The summed E-state index contributed by atoms with van der Waals surface area (Å²) >= 11 is 0. The van der Waals surface area contributed by atoms with Gasteiger partial charge in [0.2, 0.25) is 0 Å². The monoisotopic (exact) mass is 129 g/mol. The average molecular weight is 129 g/mol. The van der Waals surface area contributed by atoms with E-state index in [1.165, 1.54) is 13.8 Å². The van der Waals surface area contributed by atoms with Gasteiger partial charge in [0.1, 0.15) is 0 Å². The van der Waals surface area contributed by atoms with E-state index in [4.69, 9.17) is 0 Å². The SMILES string of the molecule is CC1(C)OC(=O)C=[N+]1[O-]. The molecule has 0 aliphatic carbocycles. The fraction of sp³-hybridized carbons (Fsp3) is 0.600. The van der Waals surface area contributed by atoms with E-state index in [0.717, 1.165) is 6.21 Å². The standard InChI is InChI=1S/C5H7NO3/c1-5(2)6(8)3-4(7)9-5/h3H,1-2H3. The fourth-order valence-corrected chi connectivity index (χ4v) is 0.569. The number of ether oxygens (including phenoxy) is 1. The summed E-state index contributed by atoms with van der Waals surface area (Å²) in [5, 5.41) is 10.6. The van der Waals surface area contributed by atoms with Crippen molar-refractivity contribution in [1.82, 2.24) is 0 Å². The zero-order chi connectivity index (χ0) is 7.07. The molecule has 0 spiro atoms. The summed E-state index contributed by atoms with van der Waals surface area (Å²) in [6.07, 6.45) is 0.889. The number of hydrogen-bond acceptors (Lipinski definition) is 3. The van der Waals surface area contributed by atoms with Crippen molar-refractivity contribution in [2.45, 2.75) is 19.6 Å². The highest BCUT2D eigenvalue weighted by Gasteiger charge is 2.37.